The van der Waals surface area contributed by atoms with Gasteiger partial charge in [-0.15, -0.1) is 0 Å². The lowest BCUT2D eigenvalue weighted by atomic mass is 10.2. The number of nitrogens with zero attached hydrogens (tertiary/aromatic N) is 1. The number of amides is 1. The first-order chi connectivity index (χ1) is 9.49. The summed E-state index contributed by atoms with van der Waals surface area (Å²) in [5.74, 6) is 0.0464. The molecular weight excluding hydrogens is 372 g/mol. The first kappa shape index (κ1) is 14.7. The van der Waals surface area contributed by atoms with Crippen molar-refractivity contribution >= 4 is 40.0 Å². The van der Waals surface area contributed by atoms with Crippen LogP contribution in [-0.2, 0) is 0 Å². The molecule has 0 fully saturated rings. The van der Waals surface area contributed by atoms with Crippen LogP contribution in [0.25, 0.3) is 0 Å². The van der Waals surface area contributed by atoms with E-state index in [0.717, 1.165) is 5.69 Å². The SMILES string of the molecule is CNc1cc(C(=O)Nc2ccc(F)cc2I)cc(C)n1. The van der Waals surface area contributed by atoms with Gasteiger partial charge in [-0.05, 0) is 59.8 Å². The Hall–Kier alpha value is -1.70. The minimum Gasteiger partial charge on any atom is -0.373 e. The number of carbonyl (C=O) groups is 1. The van der Waals surface area contributed by atoms with E-state index in [1.54, 1.807) is 25.2 Å². The van der Waals surface area contributed by atoms with Crippen molar-refractivity contribution in [3.63, 3.8) is 0 Å². The number of anilines is 2. The molecule has 0 aliphatic rings. The molecule has 0 bridgehead atoms. The zero-order chi connectivity index (χ0) is 14.7. The highest BCUT2D eigenvalue weighted by molar-refractivity contribution is 14.1. The maximum Gasteiger partial charge on any atom is 0.255 e. The maximum atomic E-state index is 13.0. The summed E-state index contributed by atoms with van der Waals surface area (Å²) in [5.41, 5.74) is 1.83. The van der Waals surface area contributed by atoms with Crippen molar-refractivity contribution in [2.75, 3.05) is 17.7 Å². The topological polar surface area (TPSA) is 54.0 Å². The molecule has 104 valence electrons. The van der Waals surface area contributed by atoms with Crippen LogP contribution in [0.15, 0.2) is 30.3 Å². The van der Waals surface area contributed by atoms with Crippen LogP contribution in [0, 0.1) is 16.3 Å². The van der Waals surface area contributed by atoms with Crippen molar-refractivity contribution in [1.29, 1.82) is 0 Å². The van der Waals surface area contributed by atoms with E-state index in [0.29, 0.717) is 20.6 Å². The van der Waals surface area contributed by atoms with E-state index >= 15 is 0 Å². The Bertz CT molecular complexity index is 661. The van der Waals surface area contributed by atoms with Crippen LogP contribution >= 0.6 is 22.6 Å². The molecule has 2 aromatic rings. The number of hydrogen-bond acceptors (Lipinski definition) is 3. The second-order valence-corrected chi connectivity index (χ2v) is 5.37. The largest absolute Gasteiger partial charge is 0.373 e. The van der Waals surface area contributed by atoms with Crippen LogP contribution in [0.2, 0.25) is 0 Å². The first-order valence-electron chi connectivity index (χ1n) is 5.92. The zero-order valence-corrected chi connectivity index (χ0v) is 13.2. The molecule has 1 heterocycles. The summed E-state index contributed by atoms with van der Waals surface area (Å²) in [6.07, 6.45) is 0. The summed E-state index contributed by atoms with van der Waals surface area (Å²) < 4.78 is 13.7. The Labute approximate surface area is 129 Å². The standard InChI is InChI=1S/C14H13FIN3O/c1-8-5-9(6-13(17-2)18-8)14(20)19-12-4-3-10(15)7-11(12)16/h3-7H,1-2H3,(H,17,18)(H,19,20). The second-order valence-electron chi connectivity index (χ2n) is 4.21. The monoisotopic (exact) mass is 385 g/mol. The number of carbonyl (C=O) groups excluding carboxylic acids is 1. The van der Waals surface area contributed by atoms with Crippen LogP contribution < -0.4 is 10.6 Å². The number of aromatic nitrogens is 1. The highest BCUT2D eigenvalue weighted by atomic mass is 127. The summed E-state index contributed by atoms with van der Waals surface area (Å²) in [5, 5.41) is 5.67. The van der Waals surface area contributed by atoms with Gasteiger partial charge in [0.15, 0.2) is 0 Å². The fourth-order valence-electron chi connectivity index (χ4n) is 1.71. The molecule has 4 nitrogen and oxygen atoms in total. The lowest BCUT2D eigenvalue weighted by Crippen LogP contribution is -2.14. The number of halogens is 2. The minimum absolute atomic E-state index is 0.253. The third-order valence-corrected chi connectivity index (χ3v) is 3.54. The zero-order valence-electron chi connectivity index (χ0n) is 11.0. The van der Waals surface area contributed by atoms with Gasteiger partial charge in [0.1, 0.15) is 11.6 Å². The Kier molecular flexibility index (Phi) is 4.53. The molecule has 1 aromatic heterocycles. The molecule has 0 saturated heterocycles. The molecule has 0 saturated carbocycles. The quantitative estimate of drug-likeness (QED) is 0.797. The summed E-state index contributed by atoms with van der Waals surface area (Å²) in [6, 6.07) is 7.59. The van der Waals surface area contributed by atoms with Gasteiger partial charge in [0, 0.05) is 21.9 Å². The highest BCUT2D eigenvalue weighted by Gasteiger charge is 2.10. The number of benzene rings is 1. The summed E-state index contributed by atoms with van der Waals surface area (Å²) >= 11 is 1.98. The molecule has 1 amide bonds. The summed E-state index contributed by atoms with van der Waals surface area (Å²) in [4.78, 5) is 16.4. The molecule has 6 heteroatoms. The molecule has 2 N–H and O–H groups in total. The Balaban J connectivity index is 2.26. The van der Waals surface area contributed by atoms with Gasteiger partial charge in [0.05, 0.1) is 5.69 Å². The third kappa shape index (κ3) is 3.44. The minimum atomic E-state index is -0.329. The first-order valence-corrected chi connectivity index (χ1v) is 7.00. The average molecular weight is 385 g/mol. The Morgan fingerprint density at radius 2 is 2.05 bits per heavy atom. The average Bonchev–Trinajstić information content (AvgIpc) is 2.41. The predicted molar refractivity (Wildman–Crippen MR) is 85.6 cm³/mol. The molecule has 1 aromatic carbocycles. The van der Waals surface area contributed by atoms with Gasteiger partial charge >= 0.3 is 0 Å². The van der Waals surface area contributed by atoms with Crippen molar-refractivity contribution in [2.24, 2.45) is 0 Å². The number of nitrogens with one attached hydrogen (secondary N) is 2. The van der Waals surface area contributed by atoms with Crippen molar-refractivity contribution < 1.29 is 9.18 Å². The summed E-state index contributed by atoms with van der Waals surface area (Å²) in [7, 11) is 1.74. The van der Waals surface area contributed by atoms with Gasteiger partial charge in [-0.1, -0.05) is 0 Å². The summed E-state index contributed by atoms with van der Waals surface area (Å²) in [6.45, 7) is 1.82. The fraction of sp³-hybridized carbons (Fsp3) is 0.143. The number of hydrogen-bond donors (Lipinski definition) is 2. The van der Waals surface area contributed by atoms with Gasteiger partial charge in [0.2, 0.25) is 0 Å². The molecule has 0 radical (unpaired) electrons. The van der Waals surface area contributed by atoms with E-state index in [1.165, 1.54) is 12.1 Å². The second kappa shape index (κ2) is 6.17. The number of rotatable bonds is 3. The molecule has 0 unspecified atom stereocenters. The van der Waals surface area contributed by atoms with E-state index in [2.05, 4.69) is 15.6 Å². The van der Waals surface area contributed by atoms with Gasteiger partial charge in [0.25, 0.3) is 5.91 Å². The van der Waals surface area contributed by atoms with Gasteiger partial charge in [-0.25, -0.2) is 9.37 Å². The van der Waals surface area contributed by atoms with E-state index in [4.69, 9.17) is 0 Å². The molecule has 0 atom stereocenters. The maximum absolute atomic E-state index is 13.0. The smallest absolute Gasteiger partial charge is 0.255 e. The van der Waals surface area contributed by atoms with E-state index in [9.17, 15) is 9.18 Å². The Morgan fingerprint density at radius 1 is 1.30 bits per heavy atom. The van der Waals surface area contributed by atoms with Crippen LogP contribution in [0.3, 0.4) is 0 Å². The van der Waals surface area contributed by atoms with Crippen LogP contribution in [0.4, 0.5) is 15.9 Å². The van der Waals surface area contributed by atoms with E-state index in [-0.39, 0.29) is 11.7 Å². The molecular formula is C14H13FIN3O. The molecule has 0 aliphatic carbocycles. The number of pyridine rings is 1. The van der Waals surface area contributed by atoms with Crippen molar-refractivity contribution in [3.05, 3.63) is 51.0 Å². The van der Waals surface area contributed by atoms with E-state index < -0.39 is 0 Å². The lowest BCUT2D eigenvalue weighted by Gasteiger charge is -2.09. The van der Waals surface area contributed by atoms with Gasteiger partial charge < -0.3 is 10.6 Å². The lowest BCUT2D eigenvalue weighted by molar-refractivity contribution is 0.102. The van der Waals surface area contributed by atoms with Crippen molar-refractivity contribution in [1.82, 2.24) is 4.98 Å². The molecule has 20 heavy (non-hydrogen) atoms. The highest BCUT2D eigenvalue weighted by Crippen LogP contribution is 2.20. The number of aryl methyl sites for hydroxylation is 1. The predicted octanol–water partition coefficient (Wildman–Crippen LogP) is 3.43. The van der Waals surface area contributed by atoms with Crippen LogP contribution in [0.1, 0.15) is 16.1 Å². The van der Waals surface area contributed by atoms with E-state index in [1.807, 2.05) is 29.5 Å². The van der Waals surface area contributed by atoms with Crippen LogP contribution in [0.5, 0.6) is 0 Å². The third-order valence-electron chi connectivity index (χ3n) is 2.65. The molecule has 2 rings (SSSR count). The van der Waals surface area contributed by atoms with Crippen molar-refractivity contribution in [2.45, 2.75) is 6.92 Å². The van der Waals surface area contributed by atoms with Gasteiger partial charge in [-0.2, -0.15) is 0 Å². The normalized spacial score (nSPS) is 10.2. The van der Waals surface area contributed by atoms with Crippen LogP contribution in [-0.4, -0.2) is 17.9 Å². The molecule has 0 aliphatic heterocycles. The van der Waals surface area contributed by atoms with Gasteiger partial charge in [-0.3, -0.25) is 4.79 Å². The van der Waals surface area contributed by atoms with Crippen molar-refractivity contribution in [3.8, 4) is 0 Å². The molecule has 0 spiro atoms. The Morgan fingerprint density at radius 3 is 2.70 bits per heavy atom. The fourth-order valence-corrected chi connectivity index (χ4v) is 2.33.